The quantitative estimate of drug-likeness (QED) is 0.558. The number of halogens is 1. The molecule has 0 aromatic carbocycles. The first-order valence-electron chi connectivity index (χ1n) is 8.86. The van der Waals surface area contributed by atoms with Crippen LogP contribution in [0.5, 0.6) is 0 Å². The zero-order chi connectivity index (χ0) is 18.3. The highest BCUT2D eigenvalue weighted by Gasteiger charge is 2.26. The van der Waals surface area contributed by atoms with E-state index in [0.29, 0.717) is 19.1 Å². The van der Waals surface area contributed by atoms with Crippen LogP contribution in [-0.4, -0.2) is 46.3 Å². The Kier molecular flexibility index (Phi) is 7.44. The zero-order valence-corrected chi connectivity index (χ0v) is 16.1. The minimum atomic E-state index is -0.431. The normalized spacial score (nSPS) is 16.1. The summed E-state index contributed by atoms with van der Waals surface area (Å²) in [4.78, 5) is 21.8. The van der Waals surface area contributed by atoms with E-state index in [-0.39, 0.29) is 11.4 Å². The molecular weight excluding hydrogens is 342 g/mol. The molecule has 1 fully saturated rings. The SMILES string of the molecule is CC(C)(C)OC(=O)N1CCC(CCCOCc2ccnc(Cl)n2)CC1. The largest absolute Gasteiger partial charge is 0.444 e. The molecule has 0 aliphatic carbocycles. The lowest BCUT2D eigenvalue weighted by atomic mass is 9.92. The maximum atomic E-state index is 12.0. The summed E-state index contributed by atoms with van der Waals surface area (Å²) in [6, 6.07) is 1.80. The first-order chi connectivity index (χ1) is 11.8. The Balaban J connectivity index is 1.57. The number of piperidine rings is 1. The van der Waals surface area contributed by atoms with Gasteiger partial charge in [0.05, 0.1) is 12.3 Å². The summed E-state index contributed by atoms with van der Waals surface area (Å²) in [5.41, 5.74) is 0.366. The summed E-state index contributed by atoms with van der Waals surface area (Å²) in [5, 5.41) is 0.248. The molecule has 1 aliphatic rings. The second-order valence-corrected chi connectivity index (χ2v) is 7.76. The molecule has 7 heteroatoms. The van der Waals surface area contributed by atoms with Crippen LogP contribution < -0.4 is 0 Å². The van der Waals surface area contributed by atoms with Gasteiger partial charge in [-0.05, 0) is 70.0 Å². The summed E-state index contributed by atoms with van der Waals surface area (Å²) in [5.74, 6) is 0.649. The van der Waals surface area contributed by atoms with Crippen molar-refractivity contribution in [1.82, 2.24) is 14.9 Å². The van der Waals surface area contributed by atoms with Crippen molar-refractivity contribution in [2.24, 2.45) is 5.92 Å². The average Bonchev–Trinajstić information content (AvgIpc) is 2.53. The van der Waals surface area contributed by atoms with Crippen LogP contribution in [0, 0.1) is 5.92 Å². The molecule has 0 radical (unpaired) electrons. The molecule has 1 aromatic heterocycles. The van der Waals surface area contributed by atoms with Gasteiger partial charge in [-0.3, -0.25) is 0 Å². The van der Waals surface area contributed by atoms with Gasteiger partial charge in [-0.1, -0.05) is 0 Å². The van der Waals surface area contributed by atoms with Gasteiger partial charge in [0.2, 0.25) is 5.28 Å². The maximum absolute atomic E-state index is 12.0. The van der Waals surface area contributed by atoms with Gasteiger partial charge in [-0.15, -0.1) is 0 Å². The molecule has 140 valence electrons. The highest BCUT2D eigenvalue weighted by molar-refractivity contribution is 6.28. The fourth-order valence-electron chi connectivity index (χ4n) is 2.83. The van der Waals surface area contributed by atoms with E-state index in [0.717, 1.165) is 44.5 Å². The number of ether oxygens (including phenoxy) is 2. The lowest BCUT2D eigenvalue weighted by molar-refractivity contribution is 0.0176. The van der Waals surface area contributed by atoms with Gasteiger partial charge in [-0.2, -0.15) is 0 Å². The smallest absolute Gasteiger partial charge is 0.410 e. The van der Waals surface area contributed by atoms with Crippen LogP contribution in [0.2, 0.25) is 5.28 Å². The molecule has 1 amide bonds. The highest BCUT2D eigenvalue weighted by atomic mass is 35.5. The fraction of sp³-hybridized carbons (Fsp3) is 0.722. The van der Waals surface area contributed by atoms with Crippen molar-refractivity contribution < 1.29 is 14.3 Å². The molecule has 25 heavy (non-hydrogen) atoms. The number of amides is 1. The number of nitrogens with zero attached hydrogens (tertiary/aromatic N) is 3. The average molecular weight is 370 g/mol. The van der Waals surface area contributed by atoms with E-state index in [1.165, 1.54) is 0 Å². The van der Waals surface area contributed by atoms with Gasteiger partial charge in [-0.25, -0.2) is 14.8 Å². The summed E-state index contributed by atoms with van der Waals surface area (Å²) < 4.78 is 11.1. The predicted molar refractivity (Wildman–Crippen MR) is 96.5 cm³/mol. The lowest BCUT2D eigenvalue weighted by Crippen LogP contribution is -2.41. The number of aromatic nitrogens is 2. The Morgan fingerprint density at radius 3 is 2.72 bits per heavy atom. The van der Waals surface area contributed by atoms with Gasteiger partial charge < -0.3 is 14.4 Å². The van der Waals surface area contributed by atoms with Gasteiger partial charge >= 0.3 is 6.09 Å². The van der Waals surface area contributed by atoms with Crippen LogP contribution in [0.25, 0.3) is 0 Å². The van der Waals surface area contributed by atoms with Gasteiger partial charge in [0.15, 0.2) is 0 Å². The summed E-state index contributed by atoms with van der Waals surface area (Å²) in [7, 11) is 0. The standard InChI is InChI=1S/C18H28ClN3O3/c1-18(2,3)25-17(23)22-10-7-14(8-11-22)5-4-12-24-13-15-6-9-20-16(19)21-15/h6,9,14H,4-5,7-8,10-13H2,1-3H3. The van der Waals surface area contributed by atoms with Gasteiger partial charge in [0.1, 0.15) is 5.60 Å². The Bertz CT molecular complexity index is 555. The van der Waals surface area contributed by atoms with Crippen LogP contribution in [0.15, 0.2) is 12.3 Å². The molecule has 0 spiro atoms. The molecule has 0 atom stereocenters. The molecular formula is C18H28ClN3O3. The highest BCUT2D eigenvalue weighted by Crippen LogP contribution is 2.23. The van der Waals surface area contributed by atoms with Crippen LogP contribution >= 0.6 is 11.6 Å². The molecule has 0 unspecified atom stereocenters. The summed E-state index contributed by atoms with van der Waals surface area (Å²) in [6.45, 7) is 8.40. The van der Waals surface area contributed by atoms with Crippen molar-refractivity contribution in [1.29, 1.82) is 0 Å². The molecule has 2 heterocycles. The molecule has 0 N–H and O–H groups in total. The molecule has 2 rings (SSSR count). The zero-order valence-electron chi connectivity index (χ0n) is 15.3. The lowest BCUT2D eigenvalue weighted by Gasteiger charge is -2.33. The number of hydrogen-bond acceptors (Lipinski definition) is 5. The molecule has 0 saturated carbocycles. The van der Waals surface area contributed by atoms with Crippen molar-refractivity contribution in [3.05, 3.63) is 23.2 Å². The molecule has 6 nitrogen and oxygen atoms in total. The van der Waals surface area contributed by atoms with E-state index in [2.05, 4.69) is 9.97 Å². The Morgan fingerprint density at radius 2 is 2.08 bits per heavy atom. The van der Waals surface area contributed by atoms with Crippen molar-refractivity contribution in [2.45, 2.75) is 58.7 Å². The van der Waals surface area contributed by atoms with E-state index in [9.17, 15) is 4.79 Å². The van der Waals surface area contributed by atoms with E-state index in [1.807, 2.05) is 25.7 Å². The third-order valence-corrected chi connectivity index (χ3v) is 4.28. The summed E-state index contributed by atoms with van der Waals surface area (Å²) in [6.07, 6.45) is 5.62. The molecule has 1 saturated heterocycles. The van der Waals surface area contributed by atoms with Crippen molar-refractivity contribution in [3.63, 3.8) is 0 Å². The van der Waals surface area contributed by atoms with E-state index in [4.69, 9.17) is 21.1 Å². The van der Waals surface area contributed by atoms with Crippen LogP contribution in [0.1, 0.15) is 52.1 Å². The number of carbonyl (C=O) groups excluding carboxylic acids is 1. The minimum absolute atomic E-state index is 0.196. The Hall–Kier alpha value is -1.40. The predicted octanol–water partition coefficient (Wildman–Crippen LogP) is 4.07. The number of rotatable bonds is 6. The second-order valence-electron chi connectivity index (χ2n) is 7.42. The first kappa shape index (κ1) is 19.9. The third kappa shape index (κ3) is 7.57. The molecule has 1 aliphatic heterocycles. The van der Waals surface area contributed by atoms with Crippen molar-refractivity contribution >= 4 is 17.7 Å². The Morgan fingerprint density at radius 1 is 1.36 bits per heavy atom. The topological polar surface area (TPSA) is 64.5 Å². The minimum Gasteiger partial charge on any atom is -0.444 e. The van der Waals surface area contributed by atoms with Crippen molar-refractivity contribution in [3.8, 4) is 0 Å². The van der Waals surface area contributed by atoms with E-state index in [1.54, 1.807) is 12.3 Å². The monoisotopic (exact) mass is 369 g/mol. The van der Waals surface area contributed by atoms with Crippen LogP contribution in [0.3, 0.4) is 0 Å². The number of likely N-dealkylation sites (tertiary alicyclic amines) is 1. The second kappa shape index (κ2) is 9.34. The van der Waals surface area contributed by atoms with E-state index < -0.39 is 5.60 Å². The number of carbonyl (C=O) groups is 1. The maximum Gasteiger partial charge on any atom is 0.410 e. The van der Waals surface area contributed by atoms with Gasteiger partial charge in [0.25, 0.3) is 0 Å². The van der Waals surface area contributed by atoms with Crippen LogP contribution in [-0.2, 0) is 16.1 Å². The molecule has 0 bridgehead atoms. The fourth-order valence-corrected chi connectivity index (χ4v) is 3.00. The molecule has 1 aromatic rings. The van der Waals surface area contributed by atoms with Crippen LogP contribution in [0.4, 0.5) is 4.79 Å². The van der Waals surface area contributed by atoms with Crippen molar-refractivity contribution in [2.75, 3.05) is 19.7 Å². The van der Waals surface area contributed by atoms with Gasteiger partial charge in [0, 0.05) is 25.9 Å². The van der Waals surface area contributed by atoms with E-state index >= 15 is 0 Å². The third-order valence-electron chi connectivity index (χ3n) is 4.10. The Labute approximate surface area is 154 Å². The first-order valence-corrected chi connectivity index (χ1v) is 9.24. The number of hydrogen-bond donors (Lipinski definition) is 0. The summed E-state index contributed by atoms with van der Waals surface area (Å²) >= 11 is 5.74.